The summed E-state index contributed by atoms with van der Waals surface area (Å²) in [6.45, 7) is 9.42. The zero-order chi connectivity index (χ0) is 18.9. The van der Waals surface area contributed by atoms with Gasteiger partial charge in [0.05, 0.1) is 11.0 Å². The Morgan fingerprint density at radius 1 is 1.38 bits per heavy atom. The van der Waals surface area contributed by atoms with Crippen LogP contribution in [0.5, 0.6) is 0 Å². The van der Waals surface area contributed by atoms with E-state index in [1.54, 1.807) is 11.6 Å². The van der Waals surface area contributed by atoms with Crippen LogP contribution in [0.3, 0.4) is 0 Å². The van der Waals surface area contributed by atoms with Crippen molar-refractivity contribution in [2.75, 3.05) is 13.1 Å². The molecule has 0 fully saturated rings. The Morgan fingerprint density at radius 2 is 2.19 bits per heavy atom. The van der Waals surface area contributed by atoms with Crippen LogP contribution in [-0.2, 0) is 17.8 Å². The lowest BCUT2D eigenvalue weighted by Gasteiger charge is -2.11. The fourth-order valence-corrected chi connectivity index (χ4v) is 2.87. The molecule has 0 atom stereocenters. The molecule has 1 aromatic heterocycles. The highest BCUT2D eigenvalue weighted by Crippen LogP contribution is 2.20. The second-order valence-electron chi connectivity index (χ2n) is 6.94. The number of unbranched alkanes of at least 4 members (excludes halogenated alkanes) is 1. The molecule has 0 radical (unpaired) electrons. The number of amides is 1. The molecular formula is C20H30N4O2. The van der Waals surface area contributed by atoms with Gasteiger partial charge in [0.25, 0.3) is 5.91 Å². The van der Waals surface area contributed by atoms with Crippen LogP contribution in [-0.4, -0.2) is 33.8 Å². The van der Waals surface area contributed by atoms with Crippen molar-refractivity contribution in [1.82, 2.24) is 20.3 Å². The van der Waals surface area contributed by atoms with Gasteiger partial charge >= 0.3 is 0 Å². The second kappa shape index (κ2) is 10.1. The van der Waals surface area contributed by atoms with E-state index in [0.29, 0.717) is 5.92 Å². The van der Waals surface area contributed by atoms with Crippen molar-refractivity contribution < 1.29 is 10.0 Å². The van der Waals surface area contributed by atoms with Gasteiger partial charge in [0.1, 0.15) is 5.82 Å². The quantitative estimate of drug-likeness (QED) is 0.264. The van der Waals surface area contributed by atoms with E-state index in [9.17, 15) is 4.79 Å². The molecule has 6 heteroatoms. The standard InChI is InChI=1S/C20H30N4O2/c1-4-5-6-19-22-17-13-16(8-10-20(25)23-26)7-9-18(17)24(19)12-11-21-14-15(2)3/h7-10,13,15,21,26H,4-6,11-12,14H2,1-3H3,(H,23,25)/b10-8+. The van der Waals surface area contributed by atoms with E-state index in [-0.39, 0.29) is 0 Å². The van der Waals surface area contributed by atoms with Crippen LogP contribution in [0.2, 0.25) is 0 Å². The molecule has 0 aliphatic rings. The van der Waals surface area contributed by atoms with Crippen molar-refractivity contribution in [2.24, 2.45) is 5.92 Å². The minimum atomic E-state index is -0.546. The number of nitrogens with zero attached hydrogens (tertiary/aromatic N) is 2. The molecule has 0 saturated carbocycles. The fraction of sp³-hybridized carbons (Fsp3) is 0.500. The summed E-state index contributed by atoms with van der Waals surface area (Å²) in [5.41, 5.74) is 4.53. The maximum absolute atomic E-state index is 11.1. The van der Waals surface area contributed by atoms with Crippen LogP contribution in [0.4, 0.5) is 0 Å². The van der Waals surface area contributed by atoms with E-state index < -0.39 is 5.91 Å². The summed E-state index contributed by atoms with van der Waals surface area (Å²) >= 11 is 0. The van der Waals surface area contributed by atoms with Crippen LogP contribution < -0.4 is 10.8 Å². The molecule has 0 spiro atoms. The van der Waals surface area contributed by atoms with E-state index in [1.807, 2.05) is 12.1 Å². The van der Waals surface area contributed by atoms with Gasteiger partial charge in [-0.15, -0.1) is 0 Å². The lowest BCUT2D eigenvalue weighted by Crippen LogP contribution is -2.24. The number of carbonyl (C=O) groups excluding carboxylic acids is 1. The molecule has 6 nitrogen and oxygen atoms in total. The lowest BCUT2D eigenvalue weighted by atomic mass is 10.2. The first-order chi connectivity index (χ1) is 12.5. The Bertz CT molecular complexity index is 750. The van der Waals surface area contributed by atoms with Crippen molar-refractivity contribution in [2.45, 2.75) is 46.6 Å². The Labute approximate surface area is 155 Å². The first-order valence-corrected chi connectivity index (χ1v) is 9.37. The van der Waals surface area contributed by atoms with Crippen molar-refractivity contribution >= 4 is 23.0 Å². The molecule has 1 aromatic carbocycles. The molecule has 1 amide bonds. The van der Waals surface area contributed by atoms with Gasteiger partial charge in [0.15, 0.2) is 0 Å². The number of hydrogen-bond acceptors (Lipinski definition) is 4. The number of fused-ring (bicyclic) bond motifs is 1. The summed E-state index contributed by atoms with van der Waals surface area (Å²) in [6.07, 6.45) is 6.19. The molecule has 3 N–H and O–H groups in total. The molecule has 0 bridgehead atoms. The van der Waals surface area contributed by atoms with E-state index >= 15 is 0 Å². The van der Waals surface area contributed by atoms with Gasteiger partial charge in [-0.05, 0) is 42.7 Å². The molecule has 142 valence electrons. The fourth-order valence-electron chi connectivity index (χ4n) is 2.87. The van der Waals surface area contributed by atoms with Gasteiger partial charge in [-0.2, -0.15) is 0 Å². The average molecular weight is 358 g/mol. The molecule has 2 rings (SSSR count). The van der Waals surface area contributed by atoms with Crippen molar-refractivity contribution in [3.8, 4) is 0 Å². The van der Waals surface area contributed by atoms with E-state index in [1.165, 1.54) is 6.08 Å². The number of benzene rings is 1. The van der Waals surface area contributed by atoms with Gasteiger partial charge in [-0.25, -0.2) is 10.5 Å². The van der Waals surface area contributed by atoms with Gasteiger partial charge in [0.2, 0.25) is 0 Å². The third-order valence-corrected chi connectivity index (χ3v) is 4.21. The summed E-state index contributed by atoms with van der Waals surface area (Å²) in [7, 11) is 0. The van der Waals surface area contributed by atoms with Crippen LogP contribution in [0.25, 0.3) is 17.1 Å². The van der Waals surface area contributed by atoms with Gasteiger partial charge in [-0.3, -0.25) is 10.0 Å². The van der Waals surface area contributed by atoms with Gasteiger partial charge < -0.3 is 9.88 Å². The minimum Gasteiger partial charge on any atom is -0.327 e. The Kier molecular flexibility index (Phi) is 7.81. The third kappa shape index (κ3) is 5.68. The topological polar surface area (TPSA) is 79.2 Å². The highest BCUT2D eigenvalue weighted by atomic mass is 16.5. The molecular weight excluding hydrogens is 328 g/mol. The van der Waals surface area contributed by atoms with Crippen LogP contribution >= 0.6 is 0 Å². The highest BCUT2D eigenvalue weighted by Gasteiger charge is 2.10. The Hall–Kier alpha value is -2.18. The first kappa shape index (κ1) is 20.1. The van der Waals surface area contributed by atoms with Crippen molar-refractivity contribution in [3.05, 3.63) is 35.7 Å². The largest absolute Gasteiger partial charge is 0.327 e. The number of rotatable bonds is 10. The minimum absolute atomic E-state index is 0.546. The number of aromatic nitrogens is 2. The van der Waals surface area contributed by atoms with E-state index in [4.69, 9.17) is 10.2 Å². The molecule has 2 aromatic rings. The van der Waals surface area contributed by atoms with Crippen molar-refractivity contribution in [1.29, 1.82) is 0 Å². The van der Waals surface area contributed by atoms with E-state index in [0.717, 1.165) is 61.3 Å². The summed E-state index contributed by atoms with van der Waals surface area (Å²) < 4.78 is 2.30. The first-order valence-electron chi connectivity index (χ1n) is 9.37. The zero-order valence-corrected chi connectivity index (χ0v) is 16.0. The molecule has 26 heavy (non-hydrogen) atoms. The number of imidazole rings is 1. The number of carbonyl (C=O) groups is 1. The van der Waals surface area contributed by atoms with Crippen LogP contribution in [0, 0.1) is 5.92 Å². The van der Waals surface area contributed by atoms with E-state index in [2.05, 4.69) is 36.7 Å². The molecule has 1 heterocycles. The molecule has 0 aliphatic carbocycles. The van der Waals surface area contributed by atoms with Crippen LogP contribution in [0.1, 0.15) is 45.0 Å². The lowest BCUT2D eigenvalue weighted by molar-refractivity contribution is -0.124. The smallest absolute Gasteiger partial charge is 0.267 e. The Morgan fingerprint density at radius 3 is 2.88 bits per heavy atom. The summed E-state index contributed by atoms with van der Waals surface area (Å²) in [4.78, 5) is 16.0. The Balaban J connectivity index is 2.23. The maximum Gasteiger partial charge on any atom is 0.267 e. The molecule has 0 saturated heterocycles. The summed E-state index contributed by atoms with van der Waals surface area (Å²) in [5, 5.41) is 12.1. The highest BCUT2D eigenvalue weighted by molar-refractivity contribution is 5.91. The van der Waals surface area contributed by atoms with Crippen molar-refractivity contribution in [3.63, 3.8) is 0 Å². The van der Waals surface area contributed by atoms with Gasteiger partial charge in [-0.1, -0.05) is 33.3 Å². The summed E-state index contributed by atoms with van der Waals surface area (Å²) in [6, 6.07) is 5.99. The average Bonchev–Trinajstić information content (AvgIpc) is 2.98. The predicted molar refractivity (Wildman–Crippen MR) is 105 cm³/mol. The predicted octanol–water partition coefficient (Wildman–Crippen LogP) is 3.14. The van der Waals surface area contributed by atoms with Gasteiger partial charge in [0, 0.05) is 25.6 Å². The molecule has 0 unspecified atom stereocenters. The number of hydroxylamine groups is 1. The summed E-state index contributed by atoms with van der Waals surface area (Å²) in [5.74, 6) is 1.21. The molecule has 0 aliphatic heterocycles. The monoisotopic (exact) mass is 358 g/mol. The maximum atomic E-state index is 11.1. The normalized spacial score (nSPS) is 11.7. The number of nitrogens with one attached hydrogen (secondary N) is 2. The third-order valence-electron chi connectivity index (χ3n) is 4.21. The number of aryl methyl sites for hydroxylation is 1. The zero-order valence-electron chi connectivity index (χ0n) is 16.0. The number of hydrogen-bond donors (Lipinski definition) is 3. The SMILES string of the molecule is CCCCc1nc2cc(/C=C/C(=O)NO)ccc2n1CCNCC(C)C. The second-order valence-corrected chi connectivity index (χ2v) is 6.94. The van der Waals surface area contributed by atoms with Crippen LogP contribution in [0.15, 0.2) is 24.3 Å².